The molecule has 2 N–H and O–H groups in total. The summed E-state index contributed by atoms with van der Waals surface area (Å²) in [5, 5.41) is 10.7. The Hall–Kier alpha value is -2.67. The van der Waals surface area contributed by atoms with E-state index < -0.39 is 11.2 Å². The molecule has 1 aliphatic heterocycles. The molecule has 1 aliphatic carbocycles. The number of nitrogens with zero attached hydrogens (tertiary/aromatic N) is 3. The lowest BCUT2D eigenvalue weighted by molar-refractivity contribution is 0.206. The summed E-state index contributed by atoms with van der Waals surface area (Å²) >= 11 is 0. The molecule has 7 heteroatoms. The minimum atomic E-state index is -0.574. The third-order valence-electron chi connectivity index (χ3n) is 6.31. The van der Waals surface area contributed by atoms with Crippen LogP contribution in [0.15, 0.2) is 44.9 Å². The van der Waals surface area contributed by atoms with Crippen LogP contribution in [0.2, 0.25) is 0 Å². The van der Waals surface area contributed by atoms with Crippen molar-refractivity contribution in [3.63, 3.8) is 0 Å². The molecular weight excluding hydrogens is 380 g/mol. The average Bonchev–Trinajstić information content (AvgIpc) is 2.76. The Morgan fingerprint density at radius 3 is 2.43 bits per heavy atom. The summed E-state index contributed by atoms with van der Waals surface area (Å²) in [6, 6.07) is 10.5. The summed E-state index contributed by atoms with van der Waals surface area (Å²) in [5.41, 5.74) is 0.290. The van der Waals surface area contributed by atoms with Crippen LogP contribution in [0.25, 0.3) is 0 Å². The van der Waals surface area contributed by atoms with Crippen LogP contribution in [0.4, 0.5) is 0 Å². The fourth-order valence-electron chi connectivity index (χ4n) is 4.59. The Bertz CT molecular complexity index is 982. The number of nitrogens with one attached hydrogen (secondary N) is 1. The van der Waals surface area contributed by atoms with Crippen LogP contribution in [-0.2, 0) is 6.54 Å². The molecule has 1 aromatic carbocycles. The van der Waals surface area contributed by atoms with E-state index in [0.29, 0.717) is 0 Å². The highest BCUT2D eigenvalue weighted by Gasteiger charge is 2.23. The van der Waals surface area contributed by atoms with Crippen LogP contribution in [-0.4, -0.2) is 44.9 Å². The van der Waals surface area contributed by atoms with E-state index in [9.17, 15) is 14.7 Å². The van der Waals surface area contributed by atoms with Crippen LogP contribution in [0.3, 0.4) is 0 Å². The summed E-state index contributed by atoms with van der Waals surface area (Å²) in [7, 11) is 0. The van der Waals surface area contributed by atoms with Gasteiger partial charge in [0.05, 0.1) is 6.04 Å². The van der Waals surface area contributed by atoms with E-state index >= 15 is 0 Å². The first-order chi connectivity index (χ1) is 14.6. The zero-order valence-electron chi connectivity index (χ0n) is 17.3. The number of H-pyrrole nitrogens is 1. The zero-order valence-corrected chi connectivity index (χ0v) is 17.3. The molecule has 1 saturated heterocycles. The minimum Gasteiger partial charge on any atom is -0.494 e. The SMILES string of the molecule is O=c1[nH]c(=O)n(C2CCCCC2)c(O)c1C=NC1CCN(Cc2ccccc2)CC1. The first kappa shape index (κ1) is 20.6. The van der Waals surface area contributed by atoms with E-state index in [4.69, 9.17) is 0 Å². The molecular formula is C23H30N4O3. The highest BCUT2D eigenvalue weighted by molar-refractivity contribution is 5.82. The standard InChI is InChI=1S/C23H30N4O3/c28-21-20(22(29)27(23(30)25-21)19-9-5-2-6-10-19)15-24-18-11-13-26(14-12-18)16-17-7-3-1-4-8-17/h1,3-4,7-8,15,18-19,29H,2,5-6,9-14,16H2,(H,25,28,30). The number of hydrogen-bond acceptors (Lipinski definition) is 5. The highest BCUT2D eigenvalue weighted by Crippen LogP contribution is 2.29. The molecule has 2 heterocycles. The molecule has 4 rings (SSSR count). The Labute approximate surface area is 176 Å². The second kappa shape index (κ2) is 9.43. The van der Waals surface area contributed by atoms with Gasteiger partial charge in [-0.2, -0.15) is 0 Å². The molecule has 0 radical (unpaired) electrons. The summed E-state index contributed by atoms with van der Waals surface area (Å²) < 4.78 is 1.35. The van der Waals surface area contributed by atoms with E-state index in [0.717, 1.165) is 64.6 Å². The smallest absolute Gasteiger partial charge is 0.331 e. The lowest BCUT2D eigenvalue weighted by atomic mass is 9.95. The van der Waals surface area contributed by atoms with Crippen molar-refractivity contribution in [2.45, 2.75) is 63.6 Å². The van der Waals surface area contributed by atoms with Crippen molar-refractivity contribution >= 4 is 6.21 Å². The molecule has 0 unspecified atom stereocenters. The Morgan fingerprint density at radius 2 is 1.73 bits per heavy atom. The molecule has 1 aromatic heterocycles. The summed E-state index contributed by atoms with van der Waals surface area (Å²) in [5.74, 6) is -0.249. The minimum absolute atomic E-state index is 0.0588. The van der Waals surface area contributed by atoms with E-state index in [1.807, 2.05) is 6.07 Å². The molecule has 2 fully saturated rings. The number of likely N-dealkylation sites (tertiary alicyclic amines) is 1. The van der Waals surface area contributed by atoms with Gasteiger partial charge in [0, 0.05) is 31.9 Å². The van der Waals surface area contributed by atoms with Crippen molar-refractivity contribution in [3.8, 4) is 5.88 Å². The maximum Gasteiger partial charge on any atom is 0.331 e. The number of aliphatic imine (C=N–C) groups is 1. The van der Waals surface area contributed by atoms with Crippen molar-refractivity contribution in [2.24, 2.45) is 4.99 Å². The third kappa shape index (κ3) is 4.73. The van der Waals surface area contributed by atoms with E-state index in [1.54, 1.807) is 0 Å². The van der Waals surface area contributed by atoms with E-state index in [2.05, 4.69) is 39.1 Å². The predicted molar refractivity (Wildman–Crippen MR) is 117 cm³/mol. The first-order valence-corrected chi connectivity index (χ1v) is 11.0. The molecule has 1 saturated carbocycles. The molecule has 2 aromatic rings. The largest absolute Gasteiger partial charge is 0.494 e. The number of piperidine rings is 1. The lowest BCUT2D eigenvalue weighted by Gasteiger charge is -2.30. The molecule has 0 bridgehead atoms. The number of aromatic nitrogens is 2. The van der Waals surface area contributed by atoms with Gasteiger partial charge in [0.25, 0.3) is 5.56 Å². The van der Waals surface area contributed by atoms with E-state index in [-0.39, 0.29) is 23.5 Å². The molecule has 7 nitrogen and oxygen atoms in total. The van der Waals surface area contributed by atoms with Gasteiger partial charge < -0.3 is 5.11 Å². The van der Waals surface area contributed by atoms with Gasteiger partial charge in [-0.3, -0.25) is 24.2 Å². The van der Waals surface area contributed by atoms with Gasteiger partial charge in [-0.05, 0) is 31.2 Å². The molecule has 0 atom stereocenters. The van der Waals surface area contributed by atoms with Crippen LogP contribution in [0.1, 0.15) is 62.1 Å². The van der Waals surface area contributed by atoms with Crippen molar-refractivity contribution in [1.29, 1.82) is 0 Å². The summed E-state index contributed by atoms with van der Waals surface area (Å²) in [6.07, 6.45) is 8.17. The van der Waals surface area contributed by atoms with Crippen molar-refractivity contribution in [3.05, 3.63) is 62.3 Å². The number of benzene rings is 1. The van der Waals surface area contributed by atoms with Gasteiger partial charge in [-0.1, -0.05) is 49.6 Å². The molecule has 2 aliphatic rings. The Kier molecular flexibility index (Phi) is 6.47. The van der Waals surface area contributed by atoms with Crippen LogP contribution in [0, 0.1) is 0 Å². The Balaban J connectivity index is 1.43. The average molecular weight is 411 g/mol. The lowest BCUT2D eigenvalue weighted by Crippen LogP contribution is -2.36. The number of hydrogen-bond donors (Lipinski definition) is 2. The van der Waals surface area contributed by atoms with Crippen molar-refractivity contribution in [2.75, 3.05) is 13.1 Å². The topological polar surface area (TPSA) is 90.7 Å². The maximum absolute atomic E-state index is 12.3. The first-order valence-electron chi connectivity index (χ1n) is 11.0. The van der Waals surface area contributed by atoms with Gasteiger partial charge in [-0.15, -0.1) is 0 Å². The van der Waals surface area contributed by atoms with Crippen molar-refractivity contribution in [1.82, 2.24) is 14.5 Å². The van der Waals surface area contributed by atoms with E-state index in [1.165, 1.54) is 16.3 Å². The fraction of sp³-hybridized carbons (Fsp3) is 0.522. The number of rotatable bonds is 5. The number of aromatic amines is 1. The van der Waals surface area contributed by atoms with Gasteiger partial charge >= 0.3 is 5.69 Å². The normalized spacial score (nSPS) is 19.5. The third-order valence-corrected chi connectivity index (χ3v) is 6.31. The zero-order chi connectivity index (χ0) is 20.9. The molecule has 0 spiro atoms. The Morgan fingerprint density at radius 1 is 1.03 bits per heavy atom. The highest BCUT2D eigenvalue weighted by atomic mass is 16.3. The van der Waals surface area contributed by atoms with Crippen LogP contribution < -0.4 is 11.2 Å². The quantitative estimate of drug-likeness (QED) is 0.742. The molecule has 30 heavy (non-hydrogen) atoms. The van der Waals surface area contributed by atoms with Gasteiger partial charge in [0.2, 0.25) is 5.88 Å². The predicted octanol–water partition coefficient (Wildman–Crippen LogP) is 2.83. The van der Waals surface area contributed by atoms with Gasteiger partial charge in [0.1, 0.15) is 5.56 Å². The second-order valence-electron chi connectivity index (χ2n) is 8.43. The van der Waals surface area contributed by atoms with Crippen LogP contribution in [0.5, 0.6) is 5.88 Å². The monoisotopic (exact) mass is 410 g/mol. The summed E-state index contributed by atoms with van der Waals surface area (Å²) in [4.78, 5) is 34.0. The molecule has 160 valence electrons. The van der Waals surface area contributed by atoms with Gasteiger partial charge in [-0.25, -0.2) is 4.79 Å². The molecule has 0 amide bonds. The number of aromatic hydroxyl groups is 1. The van der Waals surface area contributed by atoms with Crippen molar-refractivity contribution < 1.29 is 5.11 Å². The second-order valence-corrected chi connectivity index (χ2v) is 8.43. The fourth-order valence-corrected chi connectivity index (χ4v) is 4.59. The van der Waals surface area contributed by atoms with Crippen LogP contribution >= 0.6 is 0 Å². The summed E-state index contributed by atoms with van der Waals surface area (Å²) in [6.45, 7) is 2.83. The maximum atomic E-state index is 12.3. The van der Waals surface area contributed by atoms with Gasteiger partial charge in [0.15, 0.2) is 0 Å².